The van der Waals surface area contributed by atoms with Crippen molar-refractivity contribution in [2.24, 2.45) is 11.7 Å². The van der Waals surface area contributed by atoms with E-state index in [9.17, 15) is 9.59 Å². The Morgan fingerprint density at radius 2 is 1.94 bits per heavy atom. The van der Waals surface area contributed by atoms with Crippen molar-refractivity contribution in [2.45, 2.75) is 13.3 Å². The van der Waals surface area contributed by atoms with Crippen LogP contribution in [0, 0.1) is 5.92 Å². The van der Waals surface area contributed by atoms with E-state index in [1.54, 1.807) is 6.92 Å². The molecule has 0 saturated heterocycles. The summed E-state index contributed by atoms with van der Waals surface area (Å²) >= 11 is 0. The van der Waals surface area contributed by atoms with Crippen LogP contribution in [0.2, 0.25) is 0 Å². The van der Waals surface area contributed by atoms with E-state index in [-0.39, 0.29) is 24.2 Å². The zero-order valence-corrected chi connectivity index (χ0v) is 10.5. The van der Waals surface area contributed by atoms with Gasteiger partial charge in [-0.15, -0.1) is 0 Å². The van der Waals surface area contributed by atoms with Crippen LogP contribution in [0.3, 0.4) is 0 Å². The maximum absolute atomic E-state index is 11.5. The molecule has 1 unspecified atom stereocenters. The van der Waals surface area contributed by atoms with Crippen LogP contribution < -0.4 is 16.4 Å². The lowest BCUT2D eigenvalue weighted by molar-refractivity contribution is -0.124. The number of anilines is 1. The van der Waals surface area contributed by atoms with Crippen LogP contribution in [-0.4, -0.2) is 24.9 Å². The molecule has 0 aliphatic carbocycles. The Morgan fingerprint density at radius 1 is 1.28 bits per heavy atom. The number of hydrogen-bond acceptors (Lipinski definition) is 3. The topological polar surface area (TPSA) is 84.2 Å². The normalized spacial score (nSPS) is 11.7. The molecule has 1 aromatic carbocycles. The fraction of sp³-hybridized carbons (Fsp3) is 0.385. The smallest absolute Gasteiger partial charge is 0.226 e. The van der Waals surface area contributed by atoms with Gasteiger partial charge in [-0.25, -0.2) is 0 Å². The first-order valence-electron chi connectivity index (χ1n) is 5.96. The van der Waals surface area contributed by atoms with E-state index in [4.69, 9.17) is 5.73 Å². The summed E-state index contributed by atoms with van der Waals surface area (Å²) in [5.74, 6) is -0.464. The van der Waals surface area contributed by atoms with Crippen molar-refractivity contribution in [1.29, 1.82) is 0 Å². The lowest BCUT2D eigenvalue weighted by atomic mass is 10.1. The van der Waals surface area contributed by atoms with E-state index in [2.05, 4.69) is 10.6 Å². The second-order valence-electron chi connectivity index (χ2n) is 4.09. The standard InChI is InChI=1S/C13H19N3O2/c1-10(9-14)13(18)15-8-7-12(17)16-11-5-3-2-4-6-11/h2-6,10H,7-9,14H2,1H3,(H,15,18)(H,16,17). The van der Waals surface area contributed by atoms with Crippen LogP contribution in [0.25, 0.3) is 0 Å². The van der Waals surface area contributed by atoms with Gasteiger partial charge in [-0.05, 0) is 12.1 Å². The minimum Gasteiger partial charge on any atom is -0.355 e. The van der Waals surface area contributed by atoms with E-state index < -0.39 is 0 Å². The summed E-state index contributed by atoms with van der Waals surface area (Å²) in [6.45, 7) is 2.38. The monoisotopic (exact) mass is 249 g/mol. The highest BCUT2D eigenvalue weighted by Gasteiger charge is 2.10. The van der Waals surface area contributed by atoms with Gasteiger partial charge in [0.2, 0.25) is 11.8 Å². The molecule has 0 saturated carbocycles. The van der Waals surface area contributed by atoms with Gasteiger partial charge in [-0.1, -0.05) is 25.1 Å². The molecular formula is C13H19N3O2. The quantitative estimate of drug-likeness (QED) is 0.694. The molecule has 0 radical (unpaired) electrons. The van der Waals surface area contributed by atoms with E-state index in [1.807, 2.05) is 30.3 Å². The third kappa shape index (κ3) is 4.97. The molecule has 2 amide bonds. The van der Waals surface area contributed by atoms with Crippen LogP contribution >= 0.6 is 0 Å². The minimum absolute atomic E-state index is 0.120. The summed E-state index contributed by atoms with van der Waals surface area (Å²) in [6, 6.07) is 9.20. The van der Waals surface area contributed by atoms with Gasteiger partial charge in [0.25, 0.3) is 0 Å². The average Bonchev–Trinajstić information content (AvgIpc) is 2.38. The van der Waals surface area contributed by atoms with Crippen molar-refractivity contribution in [3.63, 3.8) is 0 Å². The van der Waals surface area contributed by atoms with Crippen LogP contribution in [0.4, 0.5) is 5.69 Å². The average molecular weight is 249 g/mol. The summed E-state index contributed by atoms with van der Waals surface area (Å²) in [6.07, 6.45) is 0.248. The fourth-order valence-corrected chi connectivity index (χ4v) is 1.33. The van der Waals surface area contributed by atoms with Crippen molar-refractivity contribution in [3.05, 3.63) is 30.3 Å². The second kappa shape index (κ2) is 7.45. The summed E-state index contributed by atoms with van der Waals surface area (Å²) in [7, 11) is 0. The second-order valence-corrected chi connectivity index (χ2v) is 4.09. The molecule has 0 fully saturated rings. The van der Waals surface area contributed by atoms with Crippen molar-refractivity contribution in [3.8, 4) is 0 Å². The molecule has 0 aliphatic heterocycles. The van der Waals surface area contributed by atoms with Gasteiger partial charge in [-0.2, -0.15) is 0 Å². The molecule has 0 aliphatic rings. The van der Waals surface area contributed by atoms with Gasteiger partial charge >= 0.3 is 0 Å². The van der Waals surface area contributed by atoms with E-state index in [0.29, 0.717) is 13.1 Å². The van der Waals surface area contributed by atoms with E-state index >= 15 is 0 Å². The Balaban J connectivity index is 2.24. The lowest BCUT2D eigenvalue weighted by Crippen LogP contribution is -2.35. The zero-order valence-electron chi connectivity index (χ0n) is 10.5. The molecule has 18 heavy (non-hydrogen) atoms. The Bertz CT molecular complexity index is 392. The number of benzene rings is 1. The third-order valence-electron chi connectivity index (χ3n) is 2.51. The number of carbonyl (C=O) groups is 2. The molecule has 5 nitrogen and oxygen atoms in total. The van der Waals surface area contributed by atoms with E-state index in [1.165, 1.54) is 0 Å². The van der Waals surface area contributed by atoms with E-state index in [0.717, 1.165) is 5.69 Å². The Kier molecular flexibility index (Phi) is 5.87. The van der Waals surface area contributed by atoms with Gasteiger partial charge in [-0.3, -0.25) is 9.59 Å². The number of para-hydroxylation sites is 1. The predicted octanol–water partition coefficient (Wildman–Crippen LogP) is 0.726. The van der Waals surface area contributed by atoms with Crippen molar-refractivity contribution >= 4 is 17.5 Å². The molecule has 5 heteroatoms. The molecule has 1 aromatic rings. The van der Waals surface area contributed by atoms with Gasteiger partial charge < -0.3 is 16.4 Å². The highest BCUT2D eigenvalue weighted by molar-refractivity contribution is 5.91. The molecular weight excluding hydrogens is 230 g/mol. The number of hydrogen-bond donors (Lipinski definition) is 3. The number of amides is 2. The highest BCUT2D eigenvalue weighted by atomic mass is 16.2. The van der Waals surface area contributed by atoms with Crippen LogP contribution in [-0.2, 0) is 9.59 Å². The Morgan fingerprint density at radius 3 is 2.56 bits per heavy atom. The first kappa shape index (κ1) is 14.2. The Hall–Kier alpha value is -1.88. The Labute approximate surface area is 107 Å². The predicted molar refractivity (Wildman–Crippen MR) is 70.9 cm³/mol. The third-order valence-corrected chi connectivity index (χ3v) is 2.51. The molecule has 0 heterocycles. The summed E-state index contributed by atoms with van der Waals surface area (Å²) < 4.78 is 0. The first-order chi connectivity index (χ1) is 8.63. The van der Waals surface area contributed by atoms with Crippen molar-refractivity contribution in [2.75, 3.05) is 18.4 Å². The minimum atomic E-state index is -0.220. The van der Waals surface area contributed by atoms with Crippen molar-refractivity contribution in [1.82, 2.24) is 5.32 Å². The SMILES string of the molecule is CC(CN)C(=O)NCCC(=O)Nc1ccccc1. The largest absolute Gasteiger partial charge is 0.355 e. The fourth-order valence-electron chi connectivity index (χ4n) is 1.33. The number of carbonyl (C=O) groups excluding carboxylic acids is 2. The zero-order chi connectivity index (χ0) is 13.4. The lowest BCUT2D eigenvalue weighted by Gasteiger charge is -2.09. The molecule has 98 valence electrons. The van der Waals surface area contributed by atoms with Gasteiger partial charge in [0.15, 0.2) is 0 Å². The molecule has 0 aromatic heterocycles. The van der Waals surface area contributed by atoms with Crippen LogP contribution in [0.1, 0.15) is 13.3 Å². The van der Waals surface area contributed by atoms with Gasteiger partial charge in [0.1, 0.15) is 0 Å². The first-order valence-corrected chi connectivity index (χ1v) is 5.96. The molecule has 1 rings (SSSR count). The van der Waals surface area contributed by atoms with Gasteiger partial charge in [0, 0.05) is 31.1 Å². The van der Waals surface area contributed by atoms with Crippen LogP contribution in [0.5, 0.6) is 0 Å². The molecule has 1 atom stereocenters. The van der Waals surface area contributed by atoms with Crippen LogP contribution in [0.15, 0.2) is 30.3 Å². The highest BCUT2D eigenvalue weighted by Crippen LogP contribution is 2.04. The summed E-state index contributed by atoms with van der Waals surface area (Å²) in [5.41, 5.74) is 6.12. The number of rotatable bonds is 6. The summed E-state index contributed by atoms with van der Waals surface area (Å²) in [5, 5.41) is 5.41. The maximum atomic E-state index is 11.5. The molecule has 0 spiro atoms. The van der Waals surface area contributed by atoms with Crippen molar-refractivity contribution < 1.29 is 9.59 Å². The summed E-state index contributed by atoms with van der Waals surface area (Å²) in [4.78, 5) is 22.9. The van der Waals surface area contributed by atoms with Gasteiger partial charge in [0.05, 0.1) is 0 Å². The maximum Gasteiger partial charge on any atom is 0.226 e. The molecule has 0 bridgehead atoms. The molecule has 4 N–H and O–H groups in total. The number of nitrogens with two attached hydrogens (primary N) is 1. The number of nitrogens with one attached hydrogen (secondary N) is 2.